The highest BCUT2D eigenvalue weighted by Gasteiger charge is 2.11. The minimum atomic E-state index is 0.128. The molecule has 1 aromatic rings. The zero-order valence-corrected chi connectivity index (χ0v) is 12.3. The molecule has 1 N–H and O–H groups in total. The van der Waals surface area contributed by atoms with Crippen LogP contribution in [0.4, 0.5) is 0 Å². The van der Waals surface area contributed by atoms with Crippen LogP contribution in [-0.2, 0) is 6.54 Å². The maximum atomic E-state index is 8.79. The molecule has 19 heavy (non-hydrogen) atoms. The second-order valence-electron chi connectivity index (χ2n) is 4.75. The number of nitrogens with zero attached hydrogens (tertiary/aromatic N) is 1. The van der Waals surface area contributed by atoms with E-state index in [9.17, 15) is 0 Å². The predicted molar refractivity (Wildman–Crippen MR) is 80.9 cm³/mol. The summed E-state index contributed by atoms with van der Waals surface area (Å²) >= 11 is 0. The molecule has 0 spiro atoms. The Kier molecular flexibility index (Phi) is 7.25. The summed E-state index contributed by atoms with van der Waals surface area (Å²) in [7, 11) is 0. The second-order valence-corrected chi connectivity index (χ2v) is 4.75. The van der Waals surface area contributed by atoms with Crippen LogP contribution in [0.2, 0.25) is 0 Å². The van der Waals surface area contributed by atoms with Crippen molar-refractivity contribution in [2.45, 2.75) is 46.2 Å². The van der Waals surface area contributed by atoms with Gasteiger partial charge in [0.1, 0.15) is 0 Å². The second kappa shape index (κ2) is 8.74. The van der Waals surface area contributed by atoms with Crippen molar-refractivity contribution in [3.8, 4) is 11.8 Å². The minimum absolute atomic E-state index is 0.128. The summed E-state index contributed by atoms with van der Waals surface area (Å²) in [6.45, 7) is 8.81. The highest BCUT2D eigenvalue weighted by atomic mass is 16.2. The van der Waals surface area contributed by atoms with Crippen molar-refractivity contribution in [1.82, 2.24) is 4.90 Å². The third kappa shape index (κ3) is 5.06. The first-order valence-electron chi connectivity index (χ1n) is 7.14. The molecule has 0 amide bonds. The molecule has 104 valence electrons. The zero-order chi connectivity index (χ0) is 14.1. The molecular formula is C17H25NO. The van der Waals surface area contributed by atoms with Gasteiger partial charge in [0.2, 0.25) is 0 Å². The van der Waals surface area contributed by atoms with E-state index in [1.165, 1.54) is 5.56 Å². The number of aliphatic hydroxyl groups excluding tert-OH is 1. The molecule has 0 aliphatic heterocycles. The average Bonchev–Trinajstić information content (AvgIpc) is 2.45. The molecule has 1 unspecified atom stereocenters. The number of benzene rings is 1. The van der Waals surface area contributed by atoms with Crippen LogP contribution in [0.15, 0.2) is 24.3 Å². The van der Waals surface area contributed by atoms with Crippen molar-refractivity contribution in [1.29, 1.82) is 0 Å². The Labute approximate surface area is 117 Å². The van der Waals surface area contributed by atoms with Gasteiger partial charge in [0, 0.05) is 24.6 Å². The van der Waals surface area contributed by atoms with Crippen molar-refractivity contribution in [3.63, 3.8) is 0 Å². The molecule has 0 fully saturated rings. The van der Waals surface area contributed by atoms with E-state index in [2.05, 4.69) is 55.7 Å². The lowest BCUT2D eigenvalue weighted by molar-refractivity contribution is 0.206. The van der Waals surface area contributed by atoms with Crippen LogP contribution in [-0.4, -0.2) is 29.2 Å². The molecule has 2 nitrogen and oxygen atoms in total. The van der Waals surface area contributed by atoms with Crippen LogP contribution in [0, 0.1) is 11.8 Å². The Balaban J connectivity index is 2.85. The highest BCUT2D eigenvalue weighted by molar-refractivity contribution is 5.41. The molecule has 0 bridgehead atoms. The molecule has 0 radical (unpaired) electrons. The van der Waals surface area contributed by atoms with Gasteiger partial charge in [-0.05, 0) is 31.5 Å². The van der Waals surface area contributed by atoms with Crippen LogP contribution in [0.3, 0.4) is 0 Å². The predicted octanol–water partition coefficient (Wildman–Crippen LogP) is 3.04. The van der Waals surface area contributed by atoms with Crippen LogP contribution >= 0.6 is 0 Å². The fourth-order valence-electron chi connectivity index (χ4n) is 2.05. The fourth-order valence-corrected chi connectivity index (χ4v) is 2.05. The normalized spacial score (nSPS) is 12.1. The van der Waals surface area contributed by atoms with Gasteiger partial charge in [-0.25, -0.2) is 0 Å². The van der Waals surface area contributed by atoms with E-state index in [0.717, 1.165) is 25.1 Å². The van der Waals surface area contributed by atoms with Crippen LogP contribution < -0.4 is 0 Å². The highest BCUT2D eigenvalue weighted by Crippen LogP contribution is 2.14. The van der Waals surface area contributed by atoms with Crippen LogP contribution in [0.1, 0.15) is 44.7 Å². The molecular weight excluding hydrogens is 234 g/mol. The van der Waals surface area contributed by atoms with E-state index < -0.39 is 0 Å². The number of hydrogen-bond donors (Lipinski definition) is 1. The van der Waals surface area contributed by atoms with E-state index in [0.29, 0.717) is 12.5 Å². The van der Waals surface area contributed by atoms with E-state index >= 15 is 0 Å². The lowest BCUT2D eigenvalue weighted by atomic mass is 10.1. The first kappa shape index (κ1) is 15.8. The lowest BCUT2D eigenvalue weighted by Crippen LogP contribution is -2.32. The molecule has 0 heterocycles. The molecule has 0 aliphatic rings. The van der Waals surface area contributed by atoms with E-state index in [4.69, 9.17) is 5.11 Å². The van der Waals surface area contributed by atoms with Gasteiger partial charge in [0.05, 0.1) is 6.61 Å². The molecule has 2 heteroatoms. The van der Waals surface area contributed by atoms with Crippen molar-refractivity contribution < 1.29 is 5.11 Å². The van der Waals surface area contributed by atoms with Gasteiger partial charge < -0.3 is 5.11 Å². The van der Waals surface area contributed by atoms with Crippen molar-refractivity contribution in [2.75, 3.05) is 13.2 Å². The average molecular weight is 259 g/mol. The summed E-state index contributed by atoms with van der Waals surface area (Å²) in [4.78, 5) is 2.46. The first-order chi connectivity index (χ1) is 9.22. The monoisotopic (exact) mass is 259 g/mol. The van der Waals surface area contributed by atoms with Gasteiger partial charge in [0.25, 0.3) is 0 Å². The Morgan fingerprint density at radius 1 is 1.26 bits per heavy atom. The SMILES string of the molecule is CCC(C)N(CC)Cc1ccccc1C#CCCO. The van der Waals surface area contributed by atoms with Gasteiger partial charge in [0.15, 0.2) is 0 Å². The zero-order valence-electron chi connectivity index (χ0n) is 12.3. The quantitative estimate of drug-likeness (QED) is 0.794. The number of aliphatic hydroxyl groups is 1. The smallest absolute Gasteiger partial charge is 0.0540 e. The summed E-state index contributed by atoms with van der Waals surface area (Å²) in [5.41, 5.74) is 2.35. The lowest BCUT2D eigenvalue weighted by Gasteiger charge is -2.27. The molecule has 1 aromatic carbocycles. The van der Waals surface area contributed by atoms with Crippen molar-refractivity contribution >= 4 is 0 Å². The van der Waals surface area contributed by atoms with E-state index in [-0.39, 0.29) is 6.61 Å². The van der Waals surface area contributed by atoms with Crippen LogP contribution in [0.25, 0.3) is 0 Å². The fraction of sp³-hybridized carbons (Fsp3) is 0.529. The largest absolute Gasteiger partial charge is 0.395 e. The molecule has 0 saturated carbocycles. The molecule has 0 saturated heterocycles. The van der Waals surface area contributed by atoms with E-state index in [1.54, 1.807) is 0 Å². The number of hydrogen-bond acceptors (Lipinski definition) is 2. The van der Waals surface area contributed by atoms with E-state index in [1.807, 2.05) is 6.07 Å². The van der Waals surface area contributed by atoms with Gasteiger partial charge in [-0.1, -0.05) is 43.9 Å². The van der Waals surface area contributed by atoms with Gasteiger partial charge in [-0.3, -0.25) is 4.90 Å². The maximum absolute atomic E-state index is 8.79. The van der Waals surface area contributed by atoms with Crippen LogP contribution in [0.5, 0.6) is 0 Å². The summed E-state index contributed by atoms with van der Waals surface area (Å²) in [5.74, 6) is 6.17. The number of rotatable bonds is 6. The third-order valence-electron chi connectivity index (χ3n) is 3.47. The van der Waals surface area contributed by atoms with Gasteiger partial charge in [-0.2, -0.15) is 0 Å². The van der Waals surface area contributed by atoms with Crippen molar-refractivity contribution in [3.05, 3.63) is 35.4 Å². The Bertz CT molecular complexity index is 430. The topological polar surface area (TPSA) is 23.5 Å². The Morgan fingerprint density at radius 2 is 2.00 bits per heavy atom. The maximum Gasteiger partial charge on any atom is 0.0540 e. The molecule has 1 rings (SSSR count). The summed E-state index contributed by atoms with van der Waals surface area (Å²) in [6.07, 6.45) is 1.70. The first-order valence-corrected chi connectivity index (χ1v) is 7.14. The summed E-state index contributed by atoms with van der Waals surface area (Å²) in [5, 5.41) is 8.79. The van der Waals surface area contributed by atoms with Crippen molar-refractivity contribution in [2.24, 2.45) is 0 Å². The van der Waals surface area contributed by atoms with Gasteiger partial charge >= 0.3 is 0 Å². The minimum Gasteiger partial charge on any atom is -0.395 e. The molecule has 0 aliphatic carbocycles. The standard InChI is InChI=1S/C17H25NO/c1-4-15(3)18(5-2)14-17-12-7-6-10-16(17)11-8-9-13-19/h6-7,10,12,15,19H,4-5,9,13-14H2,1-3H3. The Morgan fingerprint density at radius 3 is 2.63 bits per heavy atom. The molecule has 0 aromatic heterocycles. The summed E-state index contributed by atoms with van der Waals surface area (Å²) in [6, 6.07) is 8.88. The summed E-state index contributed by atoms with van der Waals surface area (Å²) < 4.78 is 0. The Hall–Kier alpha value is -1.30. The van der Waals surface area contributed by atoms with Gasteiger partial charge in [-0.15, -0.1) is 0 Å². The molecule has 1 atom stereocenters. The third-order valence-corrected chi connectivity index (χ3v) is 3.47.